The summed E-state index contributed by atoms with van der Waals surface area (Å²) < 4.78 is 15.5. The molecule has 28 heavy (non-hydrogen) atoms. The Balaban J connectivity index is 1.39. The molecule has 0 unspecified atom stereocenters. The fraction of sp³-hybridized carbons (Fsp3) is 0.400. The van der Waals surface area contributed by atoms with Crippen LogP contribution in [0.5, 0.6) is 0 Å². The Bertz CT molecular complexity index is 1010. The standard InChI is InChI=1S/C20H23FN6O/c1-14-17(15(2)27-20(24-14)22-13-23-27)11-19(28)26-9-7-25(8-10-26)12-16-5-3-4-6-18(16)21/h3-6,13H,7-12H2,1-2H3. The number of benzene rings is 1. The van der Waals surface area contributed by atoms with Gasteiger partial charge in [-0.15, -0.1) is 0 Å². The first-order valence-electron chi connectivity index (χ1n) is 9.42. The van der Waals surface area contributed by atoms with Crippen LogP contribution in [-0.2, 0) is 17.8 Å². The smallest absolute Gasteiger partial charge is 0.252 e. The molecule has 0 atom stereocenters. The molecule has 1 aromatic carbocycles. The van der Waals surface area contributed by atoms with Gasteiger partial charge in [-0.25, -0.2) is 13.9 Å². The first kappa shape index (κ1) is 18.5. The van der Waals surface area contributed by atoms with E-state index in [0.717, 1.165) is 30.0 Å². The van der Waals surface area contributed by atoms with E-state index in [1.165, 1.54) is 12.4 Å². The van der Waals surface area contributed by atoms with E-state index >= 15 is 0 Å². The number of aryl methyl sites for hydroxylation is 2. The van der Waals surface area contributed by atoms with E-state index in [2.05, 4.69) is 20.0 Å². The zero-order valence-corrected chi connectivity index (χ0v) is 16.1. The monoisotopic (exact) mass is 382 g/mol. The summed E-state index contributed by atoms with van der Waals surface area (Å²) in [4.78, 5) is 25.4. The molecule has 0 aliphatic carbocycles. The highest BCUT2D eigenvalue weighted by molar-refractivity contribution is 5.79. The van der Waals surface area contributed by atoms with Crippen molar-refractivity contribution >= 4 is 11.7 Å². The Labute approximate surface area is 162 Å². The number of piperazine rings is 1. The van der Waals surface area contributed by atoms with E-state index < -0.39 is 0 Å². The topological polar surface area (TPSA) is 66.6 Å². The van der Waals surface area contributed by atoms with Crippen LogP contribution in [0, 0.1) is 19.7 Å². The van der Waals surface area contributed by atoms with Gasteiger partial charge in [0, 0.05) is 55.2 Å². The molecule has 1 saturated heterocycles. The molecule has 7 nitrogen and oxygen atoms in total. The summed E-state index contributed by atoms with van der Waals surface area (Å²) in [5, 5.41) is 4.18. The zero-order chi connectivity index (χ0) is 19.7. The number of nitrogens with zero attached hydrogens (tertiary/aromatic N) is 6. The van der Waals surface area contributed by atoms with Crippen molar-refractivity contribution in [1.29, 1.82) is 0 Å². The van der Waals surface area contributed by atoms with E-state index in [9.17, 15) is 9.18 Å². The van der Waals surface area contributed by atoms with Crippen molar-refractivity contribution in [3.05, 3.63) is 58.9 Å². The first-order valence-corrected chi connectivity index (χ1v) is 9.42. The Kier molecular flexibility index (Phi) is 5.04. The molecule has 0 bridgehead atoms. The number of rotatable bonds is 4. The quantitative estimate of drug-likeness (QED) is 0.688. The predicted octanol–water partition coefficient (Wildman–Crippen LogP) is 1.77. The van der Waals surface area contributed by atoms with Crippen LogP contribution in [0.2, 0.25) is 0 Å². The SMILES string of the molecule is Cc1nc2ncnn2c(C)c1CC(=O)N1CCN(Cc2ccccc2F)CC1. The third-order valence-electron chi connectivity index (χ3n) is 5.39. The predicted molar refractivity (Wildman–Crippen MR) is 102 cm³/mol. The number of hydrogen-bond acceptors (Lipinski definition) is 5. The second-order valence-electron chi connectivity index (χ2n) is 7.16. The molecule has 1 fully saturated rings. The van der Waals surface area contributed by atoms with Gasteiger partial charge in [0.05, 0.1) is 6.42 Å². The fourth-order valence-electron chi connectivity index (χ4n) is 3.70. The Morgan fingerprint density at radius 3 is 2.64 bits per heavy atom. The summed E-state index contributed by atoms with van der Waals surface area (Å²) in [6.45, 7) is 7.16. The number of carbonyl (C=O) groups excluding carboxylic acids is 1. The van der Waals surface area contributed by atoms with Crippen LogP contribution in [0.3, 0.4) is 0 Å². The minimum Gasteiger partial charge on any atom is -0.340 e. The lowest BCUT2D eigenvalue weighted by Gasteiger charge is -2.35. The van der Waals surface area contributed by atoms with Gasteiger partial charge in [0.25, 0.3) is 5.78 Å². The minimum atomic E-state index is -0.178. The van der Waals surface area contributed by atoms with Gasteiger partial charge in [-0.05, 0) is 19.9 Å². The third kappa shape index (κ3) is 3.60. The largest absolute Gasteiger partial charge is 0.340 e. The third-order valence-corrected chi connectivity index (χ3v) is 5.39. The van der Waals surface area contributed by atoms with E-state index in [0.29, 0.717) is 37.4 Å². The maximum Gasteiger partial charge on any atom is 0.252 e. The van der Waals surface area contributed by atoms with E-state index in [-0.39, 0.29) is 11.7 Å². The molecule has 0 N–H and O–H groups in total. The van der Waals surface area contributed by atoms with Crippen molar-refractivity contribution in [2.45, 2.75) is 26.8 Å². The maximum absolute atomic E-state index is 13.8. The van der Waals surface area contributed by atoms with Gasteiger partial charge in [-0.1, -0.05) is 18.2 Å². The van der Waals surface area contributed by atoms with Gasteiger partial charge in [0.2, 0.25) is 5.91 Å². The summed E-state index contributed by atoms with van der Waals surface area (Å²) in [6.07, 6.45) is 1.77. The molecule has 3 heterocycles. The number of hydrogen-bond donors (Lipinski definition) is 0. The highest BCUT2D eigenvalue weighted by atomic mass is 19.1. The fourth-order valence-corrected chi connectivity index (χ4v) is 3.70. The van der Waals surface area contributed by atoms with Crippen LogP contribution in [0.1, 0.15) is 22.5 Å². The van der Waals surface area contributed by atoms with Gasteiger partial charge >= 0.3 is 0 Å². The number of aromatic nitrogens is 4. The second kappa shape index (κ2) is 7.63. The number of halogens is 1. The summed E-state index contributed by atoms with van der Waals surface area (Å²) in [7, 11) is 0. The molecule has 1 aliphatic heterocycles. The minimum absolute atomic E-state index is 0.0815. The Hall–Kier alpha value is -2.87. The van der Waals surface area contributed by atoms with Crippen LogP contribution in [0.4, 0.5) is 4.39 Å². The van der Waals surface area contributed by atoms with E-state index in [1.807, 2.05) is 30.9 Å². The maximum atomic E-state index is 13.8. The number of fused-ring (bicyclic) bond motifs is 1. The summed E-state index contributed by atoms with van der Waals surface area (Å²) in [6, 6.07) is 6.85. The number of amides is 1. The van der Waals surface area contributed by atoms with Crippen LogP contribution >= 0.6 is 0 Å². The van der Waals surface area contributed by atoms with Crippen LogP contribution in [0.15, 0.2) is 30.6 Å². The van der Waals surface area contributed by atoms with Gasteiger partial charge < -0.3 is 4.90 Å². The van der Waals surface area contributed by atoms with Crippen LogP contribution in [0.25, 0.3) is 5.78 Å². The van der Waals surface area contributed by atoms with Crippen molar-refractivity contribution in [3.8, 4) is 0 Å². The molecule has 0 spiro atoms. The highest BCUT2D eigenvalue weighted by Crippen LogP contribution is 2.16. The molecule has 3 aromatic rings. The lowest BCUT2D eigenvalue weighted by atomic mass is 10.1. The van der Waals surface area contributed by atoms with Gasteiger partial charge in [-0.3, -0.25) is 9.69 Å². The summed E-state index contributed by atoms with van der Waals surface area (Å²) in [5.41, 5.74) is 3.30. The summed E-state index contributed by atoms with van der Waals surface area (Å²) >= 11 is 0. The van der Waals surface area contributed by atoms with Crippen molar-refractivity contribution in [2.75, 3.05) is 26.2 Å². The normalized spacial score (nSPS) is 15.3. The van der Waals surface area contributed by atoms with E-state index in [1.54, 1.807) is 10.6 Å². The second-order valence-corrected chi connectivity index (χ2v) is 7.16. The van der Waals surface area contributed by atoms with Crippen LogP contribution in [-0.4, -0.2) is 61.5 Å². The van der Waals surface area contributed by atoms with E-state index in [4.69, 9.17) is 0 Å². The molecule has 2 aromatic heterocycles. The van der Waals surface area contributed by atoms with Crippen molar-refractivity contribution in [1.82, 2.24) is 29.4 Å². The molecule has 1 amide bonds. The lowest BCUT2D eigenvalue weighted by molar-refractivity contribution is -0.132. The van der Waals surface area contributed by atoms with Gasteiger partial charge in [-0.2, -0.15) is 10.1 Å². The molecule has 1 aliphatic rings. The Morgan fingerprint density at radius 2 is 1.89 bits per heavy atom. The molecular weight excluding hydrogens is 359 g/mol. The summed E-state index contributed by atoms with van der Waals surface area (Å²) in [5.74, 6) is 0.453. The molecule has 0 radical (unpaired) electrons. The molecular formula is C20H23FN6O. The lowest BCUT2D eigenvalue weighted by Crippen LogP contribution is -2.48. The van der Waals surface area contributed by atoms with Gasteiger partial charge in [0.1, 0.15) is 12.1 Å². The molecule has 146 valence electrons. The van der Waals surface area contributed by atoms with Crippen molar-refractivity contribution in [2.24, 2.45) is 0 Å². The average molecular weight is 382 g/mol. The van der Waals surface area contributed by atoms with Crippen molar-refractivity contribution in [3.63, 3.8) is 0 Å². The van der Waals surface area contributed by atoms with Crippen LogP contribution < -0.4 is 0 Å². The molecule has 8 heteroatoms. The zero-order valence-electron chi connectivity index (χ0n) is 16.1. The average Bonchev–Trinajstić information content (AvgIpc) is 3.16. The first-order chi connectivity index (χ1) is 13.5. The molecule has 0 saturated carbocycles. The number of carbonyl (C=O) groups is 1. The molecule has 4 rings (SSSR count). The Morgan fingerprint density at radius 1 is 1.14 bits per heavy atom. The van der Waals surface area contributed by atoms with Crippen molar-refractivity contribution < 1.29 is 9.18 Å². The van der Waals surface area contributed by atoms with Gasteiger partial charge in [0.15, 0.2) is 0 Å². The highest BCUT2D eigenvalue weighted by Gasteiger charge is 2.23.